The number of nitrogens with one attached hydrogen (secondary N) is 3. The van der Waals surface area contributed by atoms with Crippen molar-refractivity contribution in [1.82, 2.24) is 10.6 Å². The highest BCUT2D eigenvalue weighted by Gasteiger charge is 2.40. The van der Waals surface area contributed by atoms with Gasteiger partial charge >= 0.3 is 12.0 Å². The van der Waals surface area contributed by atoms with Gasteiger partial charge in [0, 0.05) is 0 Å². The molecule has 1 aliphatic rings. The minimum absolute atomic E-state index is 0.178. The van der Waals surface area contributed by atoms with Gasteiger partial charge < -0.3 is 21.1 Å². The molecule has 1 aromatic carbocycles. The molecule has 1 aromatic rings. The van der Waals surface area contributed by atoms with Crippen LogP contribution in [0.25, 0.3) is 0 Å². The maximum absolute atomic E-state index is 13.4. The van der Waals surface area contributed by atoms with Crippen molar-refractivity contribution >= 4 is 35.2 Å². The second-order valence-corrected chi connectivity index (χ2v) is 8.95. The molecule has 0 fully saturated rings. The Morgan fingerprint density at radius 1 is 1.06 bits per heavy atom. The Morgan fingerprint density at radius 3 is 2.22 bits per heavy atom. The van der Waals surface area contributed by atoms with Crippen LogP contribution in [0.5, 0.6) is 0 Å². The van der Waals surface area contributed by atoms with Crippen LogP contribution in [0, 0.1) is 17.8 Å². The zero-order chi connectivity index (χ0) is 24.2. The van der Waals surface area contributed by atoms with E-state index in [2.05, 4.69) is 16.0 Å². The number of nitrogens with zero attached hydrogens (tertiary/aromatic N) is 1. The number of aliphatic carboxylic acids is 1. The molecule has 4 atom stereocenters. The van der Waals surface area contributed by atoms with Crippen molar-refractivity contribution < 1.29 is 24.3 Å². The highest BCUT2D eigenvalue weighted by molar-refractivity contribution is 6.12. The lowest BCUT2D eigenvalue weighted by atomic mass is 9.96. The van der Waals surface area contributed by atoms with Gasteiger partial charge in [0.25, 0.3) is 0 Å². The van der Waals surface area contributed by atoms with Crippen molar-refractivity contribution in [2.24, 2.45) is 17.8 Å². The van der Waals surface area contributed by atoms with Gasteiger partial charge in [-0.3, -0.25) is 14.5 Å². The van der Waals surface area contributed by atoms with Crippen molar-refractivity contribution in [2.75, 3.05) is 10.2 Å². The predicted octanol–water partition coefficient (Wildman–Crippen LogP) is 2.82. The van der Waals surface area contributed by atoms with Crippen molar-refractivity contribution in [1.29, 1.82) is 0 Å². The number of anilines is 2. The number of amides is 4. The minimum Gasteiger partial charge on any atom is -0.480 e. The summed E-state index contributed by atoms with van der Waals surface area (Å²) in [6, 6.07) is 3.61. The molecule has 0 bridgehead atoms. The molecule has 0 radical (unpaired) electrons. The van der Waals surface area contributed by atoms with E-state index in [-0.39, 0.29) is 23.7 Å². The predicted molar refractivity (Wildman–Crippen MR) is 122 cm³/mol. The van der Waals surface area contributed by atoms with E-state index in [1.807, 2.05) is 27.7 Å². The van der Waals surface area contributed by atoms with Crippen LogP contribution in [-0.4, -0.2) is 47.0 Å². The number of benzene rings is 1. The Hall–Kier alpha value is -3.10. The number of carbonyl (C=O) groups excluding carboxylic acids is 3. The van der Waals surface area contributed by atoms with Gasteiger partial charge in [-0.25, -0.2) is 9.59 Å². The van der Waals surface area contributed by atoms with Crippen LogP contribution < -0.4 is 20.9 Å². The number of hydrogen-bond donors (Lipinski definition) is 4. The summed E-state index contributed by atoms with van der Waals surface area (Å²) in [5, 5.41) is 17.6. The zero-order valence-electron chi connectivity index (χ0n) is 19.5. The number of hydrogen-bond acceptors (Lipinski definition) is 4. The molecule has 0 spiro atoms. The Morgan fingerprint density at radius 2 is 1.69 bits per heavy atom. The molecule has 2 rings (SSSR count). The van der Waals surface area contributed by atoms with Gasteiger partial charge in [-0.15, -0.1) is 0 Å². The van der Waals surface area contributed by atoms with E-state index < -0.39 is 36.0 Å². The number of urea groups is 1. The highest BCUT2D eigenvalue weighted by Crippen LogP contribution is 2.34. The van der Waals surface area contributed by atoms with Gasteiger partial charge in [0.05, 0.1) is 11.4 Å². The summed E-state index contributed by atoms with van der Waals surface area (Å²) in [4.78, 5) is 52.1. The third-order valence-corrected chi connectivity index (χ3v) is 5.82. The Kier molecular flexibility index (Phi) is 8.24. The summed E-state index contributed by atoms with van der Waals surface area (Å²) >= 11 is 0. The first-order valence-corrected chi connectivity index (χ1v) is 11.0. The number of para-hydroxylation sites is 2. The molecule has 1 heterocycles. The average Bonchev–Trinajstić information content (AvgIpc) is 2.73. The minimum atomic E-state index is -1.14. The second-order valence-electron chi connectivity index (χ2n) is 8.95. The SMILES string of the molecule is CCC(C)C(NC(=O)N1c2ccccc2NC(=O)C1C(C)C)C(=O)NC(C(=O)O)C(C)C. The first-order valence-electron chi connectivity index (χ1n) is 11.0. The molecule has 9 nitrogen and oxygen atoms in total. The van der Waals surface area contributed by atoms with E-state index in [4.69, 9.17) is 0 Å². The molecule has 0 aromatic heterocycles. The monoisotopic (exact) mass is 446 g/mol. The number of carbonyl (C=O) groups is 4. The van der Waals surface area contributed by atoms with E-state index in [0.717, 1.165) is 0 Å². The molecule has 0 aliphatic carbocycles. The zero-order valence-corrected chi connectivity index (χ0v) is 19.5. The first-order chi connectivity index (χ1) is 15.0. The summed E-state index contributed by atoms with van der Waals surface area (Å²) in [5.74, 6) is -2.76. The van der Waals surface area contributed by atoms with E-state index >= 15 is 0 Å². The molecule has 9 heteroatoms. The molecule has 0 saturated carbocycles. The Bertz CT molecular complexity index is 870. The van der Waals surface area contributed by atoms with Crippen molar-refractivity contribution in [3.05, 3.63) is 24.3 Å². The van der Waals surface area contributed by atoms with Crippen LogP contribution >= 0.6 is 0 Å². The average molecular weight is 447 g/mol. The molecule has 176 valence electrons. The van der Waals surface area contributed by atoms with Crippen LogP contribution in [-0.2, 0) is 14.4 Å². The van der Waals surface area contributed by atoms with Gasteiger partial charge in [-0.2, -0.15) is 0 Å². The lowest BCUT2D eigenvalue weighted by Gasteiger charge is -2.39. The van der Waals surface area contributed by atoms with E-state index in [1.165, 1.54) is 4.90 Å². The third kappa shape index (κ3) is 5.38. The number of carboxylic acid groups (broad SMARTS) is 1. The molecule has 0 saturated heterocycles. The summed E-state index contributed by atoms with van der Waals surface area (Å²) in [7, 11) is 0. The fourth-order valence-electron chi connectivity index (χ4n) is 3.76. The van der Waals surface area contributed by atoms with E-state index in [1.54, 1.807) is 38.1 Å². The number of rotatable bonds is 8. The smallest absolute Gasteiger partial charge is 0.326 e. The van der Waals surface area contributed by atoms with Gasteiger partial charge in [-0.05, 0) is 29.9 Å². The van der Waals surface area contributed by atoms with Crippen molar-refractivity contribution in [3.8, 4) is 0 Å². The topological polar surface area (TPSA) is 128 Å². The largest absolute Gasteiger partial charge is 0.480 e. The normalized spacial score (nSPS) is 18.4. The lowest BCUT2D eigenvalue weighted by molar-refractivity contribution is -0.143. The Labute approximate surface area is 188 Å². The Balaban J connectivity index is 2.36. The quantitative estimate of drug-likeness (QED) is 0.488. The molecule has 1 aliphatic heterocycles. The summed E-state index contributed by atoms with van der Waals surface area (Å²) in [6.07, 6.45) is 0.586. The highest BCUT2D eigenvalue weighted by atomic mass is 16.4. The maximum atomic E-state index is 13.4. The van der Waals surface area contributed by atoms with Crippen LogP contribution in [0.3, 0.4) is 0 Å². The standard InChI is InChI=1S/C23H34N4O5/c1-7-14(6)18(20(28)25-17(12(2)3)22(30)31)26-23(32)27-16-11-9-8-10-15(16)24-21(29)19(27)13(4)5/h8-14,17-19H,7H2,1-6H3,(H,24,29)(H,25,28)(H,26,32)(H,30,31). The van der Waals surface area contributed by atoms with Crippen LogP contribution in [0.4, 0.5) is 16.2 Å². The molecular formula is C23H34N4O5. The van der Waals surface area contributed by atoms with E-state index in [9.17, 15) is 24.3 Å². The number of carboxylic acids is 1. The fourth-order valence-corrected chi connectivity index (χ4v) is 3.76. The molecule has 4 unspecified atom stereocenters. The summed E-state index contributed by atoms with van der Waals surface area (Å²) < 4.78 is 0. The van der Waals surface area contributed by atoms with Gasteiger partial charge in [-0.1, -0.05) is 60.1 Å². The van der Waals surface area contributed by atoms with Crippen LogP contribution in [0.1, 0.15) is 48.0 Å². The van der Waals surface area contributed by atoms with Gasteiger partial charge in [0.15, 0.2) is 0 Å². The van der Waals surface area contributed by atoms with Crippen molar-refractivity contribution in [3.63, 3.8) is 0 Å². The van der Waals surface area contributed by atoms with Gasteiger partial charge in [0.1, 0.15) is 18.1 Å². The molecule has 32 heavy (non-hydrogen) atoms. The van der Waals surface area contributed by atoms with Gasteiger partial charge in [0.2, 0.25) is 11.8 Å². The lowest BCUT2D eigenvalue weighted by Crippen LogP contribution is -2.61. The van der Waals surface area contributed by atoms with Crippen molar-refractivity contribution in [2.45, 2.75) is 66.1 Å². The van der Waals surface area contributed by atoms with Crippen LogP contribution in [0.15, 0.2) is 24.3 Å². The molecule has 4 N–H and O–H groups in total. The fraction of sp³-hybridized carbons (Fsp3) is 0.565. The summed E-state index contributed by atoms with van der Waals surface area (Å²) in [5.41, 5.74) is 1.05. The summed E-state index contributed by atoms with van der Waals surface area (Å²) in [6.45, 7) is 10.8. The first kappa shape index (κ1) is 25.2. The van der Waals surface area contributed by atoms with E-state index in [0.29, 0.717) is 17.8 Å². The van der Waals surface area contributed by atoms with Crippen LogP contribution in [0.2, 0.25) is 0 Å². The second kappa shape index (κ2) is 10.5. The third-order valence-electron chi connectivity index (χ3n) is 5.82. The number of fused-ring (bicyclic) bond motifs is 1. The molecule has 4 amide bonds. The maximum Gasteiger partial charge on any atom is 0.326 e. The molecular weight excluding hydrogens is 412 g/mol.